The molecule has 0 saturated heterocycles. The first kappa shape index (κ1) is 19.7. The summed E-state index contributed by atoms with van der Waals surface area (Å²) in [6.07, 6.45) is 10.1. The van der Waals surface area contributed by atoms with Crippen LogP contribution in [0.25, 0.3) is 6.08 Å². The predicted molar refractivity (Wildman–Crippen MR) is 111 cm³/mol. The first-order chi connectivity index (χ1) is 13.9. The molecule has 1 atom stereocenters. The lowest BCUT2D eigenvalue weighted by Gasteiger charge is -2.54. The summed E-state index contributed by atoms with van der Waals surface area (Å²) in [6.45, 7) is 4.19. The van der Waals surface area contributed by atoms with Crippen molar-refractivity contribution >= 4 is 17.7 Å². The minimum atomic E-state index is -0.347. The van der Waals surface area contributed by atoms with Crippen LogP contribution in [0.4, 0.5) is 5.69 Å². The van der Waals surface area contributed by atoms with E-state index >= 15 is 0 Å². The number of rotatable bonds is 6. The SMILES string of the molecule is COC(=O)/C=C/c1cccc(NC(C)C23CCC(c4nc(C)no4)(CC2)CC3)c1. The second kappa shape index (κ2) is 7.65. The van der Waals surface area contributed by atoms with E-state index in [1.54, 1.807) is 6.08 Å². The Balaban J connectivity index is 1.43. The van der Waals surface area contributed by atoms with Crippen LogP contribution in [0.2, 0.25) is 0 Å². The highest BCUT2D eigenvalue weighted by Crippen LogP contribution is 2.59. The summed E-state index contributed by atoms with van der Waals surface area (Å²) >= 11 is 0. The number of benzene rings is 1. The van der Waals surface area contributed by atoms with Crippen LogP contribution in [0.3, 0.4) is 0 Å². The number of hydrogen-bond acceptors (Lipinski definition) is 6. The fourth-order valence-corrected chi connectivity index (χ4v) is 5.06. The Labute approximate surface area is 171 Å². The maximum atomic E-state index is 11.3. The van der Waals surface area contributed by atoms with Crippen LogP contribution in [0.15, 0.2) is 34.9 Å². The highest BCUT2D eigenvalue weighted by Gasteiger charge is 2.53. The number of nitrogens with zero attached hydrogens (tertiary/aromatic N) is 2. The molecule has 1 heterocycles. The van der Waals surface area contributed by atoms with Crippen molar-refractivity contribution < 1.29 is 14.1 Å². The number of fused-ring (bicyclic) bond motifs is 3. The van der Waals surface area contributed by atoms with E-state index in [1.165, 1.54) is 32.4 Å². The monoisotopic (exact) mass is 395 g/mol. The Bertz CT molecular complexity index is 893. The van der Waals surface area contributed by atoms with Gasteiger partial charge in [-0.3, -0.25) is 0 Å². The highest BCUT2D eigenvalue weighted by atomic mass is 16.5. The topological polar surface area (TPSA) is 77.2 Å². The maximum Gasteiger partial charge on any atom is 0.330 e. The average molecular weight is 396 g/mol. The Morgan fingerprint density at radius 2 is 1.97 bits per heavy atom. The van der Waals surface area contributed by atoms with Gasteiger partial charge >= 0.3 is 5.97 Å². The van der Waals surface area contributed by atoms with Gasteiger partial charge in [-0.05, 0) is 81.6 Å². The summed E-state index contributed by atoms with van der Waals surface area (Å²) in [7, 11) is 1.38. The van der Waals surface area contributed by atoms with E-state index in [-0.39, 0.29) is 11.4 Å². The van der Waals surface area contributed by atoms with Gasteiger partial charge in [0.1, 0.15) is 0 Å². The lowest BCUT2D eigenvalue weighted by Crippen LogP contribution is -2.51. The molecule has 29 heavy (non-hydrogen) atoms. The number of aromatic nitrogens is 2. The number of methoxy groups -OCH3 is 1. The first-order valence-electron chi connectivity index (χ1n) is 10.4. The summed E-state index contributed by atoms with van der Waals surface area (Å²) in [5.41, 5.74) is 2.44. The van der Waals surface area contributed by atoms with Crippen LogP contribution in [-0.4, -0.2) is 29.3 Å². The lowest BCUT2D eigenvalue weighted by molar-refractivity contribution is -0.134. The minimum absolute atomic E-state index is 0.0847. The second-order valence-corrected chi connectivity index (χ2v) is 8.64. The van der Waals surface area contributed by atoms with Gasteiger partial charge in [0.05, 0.1) is 7.11 Å². The molecule has 0 radical (unpaired) electrons. The van der Waals surface area contributed by atoms with Gasteiger partial charge in [-0.15, -0.1) is 0 Å². The molecule has 3 aliphatic rings. The Morgan fingerprint density at radius 1 is 1.24 bits per heavy atom. The molecular weight excluding hydrogens is 366 g/mol. The van der Waals surface area contributed by atoms with E-state index in [0.29, 0.717) is 11.5 Å². The van der Waals surface area contributed by atoms with Gasteiger partial charge in [0, 0.05) is 23.2 Å². The number of esters is 1. The molecule has 0 aliphatic heterocycles. The molecule has 5 rings (SSSR count). The fraction of sp³-hybridized carbons (Fsp3) is 0.522. The smallest absolute Gasteiger partial charge is 0.330 e. The molecule has 3 fully saturated rings. The number of nitrogens with one attached hydrogen (secondary N) is 1. The summed E-state index contributed by atoms with van der Waals surface area (Å²) in [4.78, 5) is 15.9. The van der Waals surface area contributed by atoms with Crippen LogP contribution < -0.4 is 5.32 Å². The molecule has 6 heteroatoms. The quantitative estimate of drug-likeness (QED) is 0.566. The largest absolute Gasteiger partial charge is 0.466 e. The zero-order valence-corrected chi connectivity index (χ0v) is 17.4. The number of carbonyl (C=O) groups is 1. The highest BCUT2D eigenvalue weighted by molar-refractivity contribution is 5.87. The van der Waals surface area contributed by atoms with E-state index in [2.05, 4.69) is 39.3 Å². The van der Waals surface area contributed by atoms with Gasteiger partial charge in [-0.2, -0.15) is 4.98 Å². The number of anilines is 1. The van der Waals surface area contributed by atoms with Crippen molar-refractivity contribution in [3.8, 4) is 0 Å². The molecule has 3 saturated carbocycles. The Kier molecular flexibility index (Phi) is 5.19. The van der Waals surface area contributed by atoms with Gasteiger partial charge in [-0.1, -0.05) is 17.3 Å². The number of ether oxygens (including phenoxy) is 1. The van der Waals surface area contributed by atoms with Crippen molar-refractivity contribution in [2.45, 2.75) is 63.8 Å². The molecule has 3 aliphatic carbocycles. The molecule has 1 aromatic heterocycles. The van der Waals surface area contributed by atoms with Gasteiger partial charge in [0.25, 0.3) is 0 Å². The molecule has 154 valence electrons. The average Bonchev–Trinajstić information content (AvgIpc) is 3.20. The molecule has 1 N–H and O–H groups in total. The third-order valence-electron chi connectivity index (χ3n) is 7.09. The molecule has 0 amide bonds. The van der Waals surface area contributed by atoms with Gasteiger partial charge in [0.15, 0.2) is 5.82 Å². The van der Waals surface area contributed by atoms with Crippen molar-refractivity contribution in [1.29, 1.82) is 0 Å². The normalized spacial score (nSPS) is 27.1. The standard InChI is InChI=1S/C23H29N3O3/c1-16(24-19-6-4-5-18(15-19)7-8-20(27)28-3)22-9-12-23(13-10-22,14-11-22)21-25-17(2)26-29-21/h4-8,15-16,24H,9-14H2,1-3H3/b8-7+. The first-order valence-corrected chi connectivity index (χ1v) is 10.4. The summed E-state index contributed by atoms with van der Waals surface area (Å²) < 4.78 is 10.2. The predicted octanol–water partition coefficient (Wildman–Crippen LogP) is 4.66. The van der Waals surface area contributed by atoms with E-state index in [4.69, 9.17) is 4.52 Å². The van der Waals surface area contributed by atoms with E-state index in [1.807, 2.05) is 19.1 Å². The van der Waals surface area contributed by atoms with Gasteiger partial charge in [0.2, 0.25) is 5.89 Å². The van der Waals surface area contributed by atoms with E-state index in [0.717, 1.165) is 42.2 Å². The molecule has 1 aromatic carbocycles. The van der Waals surface area contributed by atoms with Crippen molar-refractivity contribution in [1.82, 2.24) is 10.1 Å². The van der Waals surface area contributed by atoms with Crippen molar-refractivity contribution in [3.63, 3.8) is 0 Å². The Morgan fingerprint density at radius 3 is 2.59 bits per heavy atom. The van der Waals surface area contributed by atoms with Gasteiger partial charge in [-0.25, -0.2) is 4.79 Å². The van der Waals surface area contributed by atoms with Crippen LogP contribution in [0, 0.1) is 12.3 Å². The summed E-state index contributed by atoms with van der Waals surface area (Å²) in [6, 6.07) is 8.51. The third kappa shape index (κ3) is 3.80. The molecule has 2 bridgehead atoms. The summed E-state index contributed by atoms with van der Waals surface area (Å²) in [5, 5.41) is 7.74. The Hall–Kier alpha value is -2.63. The van der Waals surface area contributed by atoms with Gasteiger partial charge < -0.3 is 14.6 Å². The number of hydrogen-bond donors (Lipinski definition) is 1. The maximum absolute atomic E-state index is 11.3. The number of aryl methyl sites for hydroxylation is 1. The van der Waals surface area contributed by atoms with Crippen LogP contribution >= 0.6 is 0 Å². The second-order valence-electron chi connectivity index (χ2n) is 8.64. The molecule has 1 unspecified atom stereocenters. The fourth-order valence-electron chi connectivity index (χ4n) is 5.06. The van der Waals surface area contributed by atoms with Crippen LogP contribution in [-0.2, 0) is 14.9 Å². The molecule has 6 nitrogen and oxygen atoms in total. The zero-order chi connectivity index (χ0) is 20.5. The van der Waals surface area contributed by atoms with E-state index < -0.39 is 0 Å². The minimum Gasteiger partial charge on any atom is -0.466 e. The van der Waals surface area contributed by atoms with Crippen molar-refractivity contribution in [2.75, 3.05) is 12.4 Å². The van der Waals surface area contributed by atoms with Crippen LogP contribution in [0.5, 0.6) is 0 Å². The summed E-state index contributed by atoms with van der Waals surface area (Å²) in [5.74, 6) is 1.22. The van der Waals surface area contributed by atoms with Crippen molar-refractivity contribution in [3.05, 3.63) is 47.6 Å². The molecular formula is C23H29N3O3. The lowest BCUT2D eigenvalue weighted by atomic mass is 9.51. The zero-order valence-electron chi connectivity index (χ0n) is 17.4. The third-order valence-corrected chi connectivity index (χ3v) is 7.09. The molecule has 2 aromatic rings. The molecule has 0 spiro atoms. The van der Waals surface area contributed by atoms with Crippen LogP contribution in [0.1, 0.15) is 62.7 Å². The van der Waals surface area contributed by atoms with Crippen molar-refractivity contribution in [2.24, 2.45) is 5.41 Å². The van der Waals surface area contributed by atoms with E-state index in [9.17, 15) is 4.79 Å². The number of carbonyl (C=O) groups excluding carboxylic acids is 1.